The Hall–Kier alpha value is -0.980. The van der Waals surface area contributed by atoms with E-state index in [1.165, 1.54) is 6.07 Å². The van der Waals surface area contributed by atoms with Gasteiger partial charge in [-0.15, -0.1) is 0 Å². The van der Waals surface area contributed by atoms with E-state index < -0.39 is 11.7 Å². The number of hydrogen-bond donors (Lipinski definition) is 1. The highest BCUT2D eigenvalue weighted by atomic mass is 79.9. The Morgan fingerprint density at radius 1 is 1.05 bits per heavy atom. The Morgan fingerprint density at radius 2 is 1.70 bits per heavy atom. The van der Waals surface area contributed by atoms with E-state index in [0.717, 1.165) is 23.4 Å². The van der Waals surface area contributed by atoms with Crippen molar-refractivity contribution in [3.63, 3.8) is 0 Å². The number of rotatable bonds is 3. The van der Waals surface area contributed by atoms with Crippen LogP contribution in [0.15, 0.2) is 56.7 Å². The minimum atomic E-state index is -4.39. The van der Waals surface area contributed by atoms with Crippen molar-refractivity contribution in [1.82, 2.24) is 0 Å². The van der Waals surface area contributed by atoms with Gasteiger partial charge < -0.3 is 5.11 Å². The smallest absolute Gasteiger partial charge is 0.392 e. The molecule has 1 nitrogen and oxygen atoms in total. The molecular weight excluding hydrogens is 353 g/mol. The second-order valence-corrected chi connectivity index (χ2v) is 6.07. The molecule has 0 amide bonds. The van der Waals surface area contributed by atoms with Gasteiger partial charge in [0.25, 0.3) is 0 Å². The summed E-state index contributed by atoms with van der Waals surface area (Å²) in [7, 11) is 0. The molecule has 0 aromatic heterocycles. The van der Waals surface area contributed by atoms with Crippen molar-refractivity contribution in [3.05, 3.63) is 58.1 Å². The summed E-state index contributed by atoms with van der Waals surface area (Å²) < 4.78 is 39.3. The standard InChI is InChI=1S/C14H10BrF3OS/c15-10-3-6-13(12(7-10)14(16,17)18)20-11-4-1-9(8-19)2-5-11/h1-7,19H,8H2. The number of aliphatic hydroxyl groups excluding tert-OH is 1. The molecule has 106 valence electrons. The summed E-state index contributed by atoms with van der Waals surface area (Å²) in [4.78, 5) is 0.840. The maximum Gasteiger partial charge on any atom is 0.417 e. The normalized spacial score (nSPS) is 11.7. The largest absolute Gasteiger partial charge is 0.417 e. The van der Waals surface area contributed by atoms with Crippen molar-refractivity contribution in [2.24, 2.45) is 0 Å². The van der Waals surface area contributed by atoms with Gasteiger partial charge in [-0.3, -0.25) is 0 Å². The Morgan fingerprint density at radius 3 is 2.25 bits per heavy atom. The molecule has 0 aliphatic carbocycles. The van der Waals surface area contributed by atoms with E-state index in [2.05, 4.69) is 15.9 Å². The number of alkyl halides is 3. The van der Waals surface area contributed by atoms with Crippen LogP contribution in [0.25, 0.3) is 0 Å². The van der Waals surface area contributed by atoms with E-state index in [9.17, 15) is 13.2 Å². The quantitative estimate of drug-likeness (QED) is 0.818. The molecule has 0 saturated carbocycles. The third-order valence-corrected chi connectivity index (χ3v) is 4.16. The van der Waals surface area contributed by atoms with Gasteiger partial charge in [-0.1, -0.05) is 39.8 Å². The molecular formula is C14H10BrF3OS. The summed E-state index contributed by atoms with van der Waals surface area (Å²) in [5.41, 5.74) is 0.0595. The lowest BCUT2D eigenvalue weighted by Crippen LogP contribution is -2.06. The van der Waals surface area contributed by atoms with Gasteiger partial charge in [-0.2, -0.15) is 13.2 Å². The Bertz CT molecular complexity index is 596. The third-order valence-electron chi connectivity index (χ3n) is 2.58. The number of benzene rings is 2. The van der Waals surface area contributed by atoms with E-state index in [-0.39, 0.29) is 11.5 Å². The van der Waals surface area contributed by atoms with Gasteiger partial charge in [0.2, 0.25) is 0 Å². The molecule has 0 atom stereocenters. The predicted octanol–water partition coefficient (Wildman–Crippen LogP) is 5.11. The lowest BCUT2D eigenvalue weighted by Gasteiger charge is -2.13. The first-order valence-corrected chi connectivity index (χ1v) is 7.25. The zero-order valence-electron chi connectivity index (χ0n) is 10.1. The highest BCUT2D eigenvalue weighted by Crippen LogP contribution is 2.40. The van der Waals surface area contributed by atoms with Crippen molar-refractivity contribution in [2.75, 3.05) is 0 Å². The van der Waals surface area contributed by atoms with Crippen molar-refractivity contribution < 1.29 is 18.3 Å². The summed E-state index contributed by atoms with van der Waals surface area (Å²) in [6.07, 6.45) is -4.39. The second-order valence-electron chi connectivity index (χ2n) is 4.04. The first kappa shape index (κ1) is 15.4. The monoisotopic (exact) mass is 362 g/mol. The molecule has 0 radical (unpaired) electrons. The van der Waals surface area contributed by atoms with Crippen LogP contribution in [0.2, 0.25) is 0 Å². The number of aliphatic hydroxyl groups is 1. The van der Waals surface area contributed by atoms with Crippen LogP contribution in [0.3, 0.4) is 0 Å². The lowest BCUT2D eigenvalue weighted by atomic mass is 10.2. The molecule has 6 heteroatoms. The molecule has 0 spiro atoms. The maximum absolute atomic E-state index is 13.0. The molecule has 1 N–H and O–H groups in total. The zero-order valence-corrected chi connectivity index (χ0v) is 12.5. The topological polar surface area (TPSA) is 20.2 Å². The van der Waals surface area contributed by atoms with Crippen LogP contribution in [-0.4, -0.2) is 5.11 Å². The van der Waals surface area contributed by atoms with Crippen molar-refractivity contribution in [3.8, 4) is 0 Å². The average Bonchev–Trinajstić information content (AvgIpc) is 2.40. The fraction of sp³-hybridized carbons (Fsp3) is 0.143. The van der Waals surface area contributed by atoms with Crippen LogP contribution < -0.4 is 0 Å². The van der Waals surface area contributed by atoms with E-state index in [0.29, 0.717) is 9.37 Å². The molecule has 20 heavy (non-hydrogen) atoms. The van der Waals surface area contributed by atoms with Gasteiger partial charge in [0.15, 0.2) is 0 Å². The molecule has 0 unspecified atom stereocenters. The Labute approximate surface area is 126 Å². The first-order valence-electron chi connectivity index (χ1n) is 5.64. The summed E-state index contributed by atoms with van der Waals surface area (Å²) in [6, 6.07) is 10.9. The van der Waals surface area contributed by atoms with Crippen LogP contribution >= 0.6 is 27.7 Å². The summed E-state index contributed by atoms with van der Waals surface area (Å²) in [5.74, 6) is 0. The lowest BCUT2D eigenvalue weighted by molar-refractivity contribution is -0.139. The molecule has 2 aromatic rings. The second kappa shape index (κ2) is 6.20. The average molecular weight is 363 g/mol. The minimum Gasteiger partial charge on any atom is -0.392 e. The van der Waals surface area contributed by atoms with Crippen molar-refractivity contribution in [2.45, 2.75) is 22.6 Å². The van der Waals surface area contributed by atoms with Gasteiger partial charge in [-0.05, 0) is 35.9 Å². The van der Waals surface area contributed by atoms with Crippen LogP contribution in [0.5, 0.6) is 0 Å². The van der Waals surface area contributed by atoms with E-state index in [1.807, 2.05) is 0 Å². The maximum atomic E-state index is 13.0. The third kappa shape index (κ3) is 3.77. The van der Waals surface area contributed by atoms with Gasteiger partial charge >= 0.3 is 6.18 Å². The SMILES string of the molecule is OCc1ccc(Sc2ccc(Br)cc2C(F)(F)F)cc1. The molecule has 0 bridgehead atoms. The molecule has 0 fully saturated rings. The molecule has 0 aliphatic rings. The highest BCUT2D eigenvalue weighted by Gasteiger charge is 2.33. The van der Waals surface area contributed by atoms with Gasteiger partial charge in [0.05, 0.1) is 12.2 Å². The fourth-order valence-corrected chi connectivity index (χ4v) is 2.91. The minimum absolute atomic E-state index is 0.0863. The number of halogens is 4. The predicted molar refractivity (Wildman–Crippen MR) is 75.6 cm³/mol. The summed E-state index contributed by atoms with van der Waals surface area (Å²) in [5, 5.41) is 8.94. The van der Waals surface area contributed by atoms with Gasteiger partial charge in [0.1, 0.15) is 0 Å². The molecule has 0 aliphatic heterocycles. The van der Waals surface area contributed by atoms with Crippen LogP contribution in [0.4, 0.5) is 13.2 Å². The summed E-state index contributed by atoms with van der Waals surface area (Å²) in [6.45, 7) is -0.0863. The van der Waals surface area contributed by atoms with E-state index in [1.54, 1.807) is 30.3 Å². The van der Waals surface area contributed by atoms with Crippen LogP contribution in [-0.2, 0) is 12.8 Å². The number of hydrogen-bond acceptors (Lipinski definition) is 2. The van der Waals surface area contributed by atoms with Gasteiger partial charge in [0, 0.05) is 14.3 Å². The highest BCUT2D eigenvalue weighted by molar-refractivity contribution is 9.10. The Balaban J connectivity index is 2.32. The molecule has 2 rings (SSSR count). The first-order chi connectivity index (χ1) is 9.40. The van der Waals surface area contributed by atoms with E-state index in [4.69, 9.17) is 5.11 Å². The zero-order chi connectivity index (χ0) is 14.8. The van der Waals surface area contributed by atoms with Gasteiger partial charge in [-0.25, -0.2) is 0 Å². The molecule has 0 heterocycles. The van der Waals surface area contributed by atoms with Crippen molar-refractivity contribution >= 4 is 27.7 Å². The fourth-order valence-electron chi connectivity index (χ4n) is 1.60. The van der Waals surface area contributed by atoms with Crippen LogP contribution in [0, 0.1) is 0 Å². The summed E-state index contributed by atoms with van der Waals surface area (Å²) >= 11 is 4.10. The molecule has 0 saturated heterocycles. The molecule has 2 aromatic carbocycles. The van der Waals surface area contributed by atoms with Crippen LogP contribution in [0.1, 0.15) is 11.1 Å². The Kier molecular flexibility index (Phi) is 4.78. The van der Waals surface area contributed by atoms with E-state index >= 15 is 0 Å². The van der Waals surface area contributed by atoms with Crippen molar-refractivity contribution in [1.29, 1.82) is 0 Å².